The van der Waals surface area contributed by atoms with Gasteiger partial charge in [0.2, 0.25) is 5.91 Å². The van der Waals surface area contributed by atoms with Gasteiger partial charge in [0.1, 0.15) is 0 Å². The van der Waals surface area contributed by atoms with Crippen molar-refractivity contribution in [2.75, 3.05) is 26.7 Å². The first-order valence-electron chi connectivity index (χ1n) is 9.27. The zero-order valence-corrected chi connectivity index (χ0v) is 15.0. The van der Waals surface area contributed by atoms with E-state index in [1.165, 1.54) is 12.0 Å². The van der Waals surface area contributed by atoms with Crippen molar-refractivity contribution in [2.45, 2.75) is 57.2 Å². The summed E-state index contributed by atoms with van der Waals surface area (Å²) in [7, 11) is 1.85. The van der Waals surface area contributed by atoms with Gasteiger partial charge in [0.15, 0.2) is 0 Å². The highest BCUT2D eigenvalue weighted by atomic mass is 16.5. The summed E-state index contributed by atoms with van der Waals surface area (Å²) in [6, 6.07) is 11.8. The lowest BCUT2D eigenvalue weighted by Gasteiger charge is -2.47. The third kappa shape index (κ3) is 3.98. The summed E-state index contributed by atoms with van der Waals surface area (Å²) in [5, 5.41) is 0. The molecule has 0 saturated carbocycles. The van der Waals surface area contributed by atoms with Gasteiger partial charge in [-0.2, -0.15) is 0 Å². The first kappa shape index (κ1) is 17.4. The first-order chi connectivity index (χ1) is 11.7. The molecule has 1 aromatic carbocycles. The molecule has 0 aromatic heterocycles. The van der Waals surface area contributed by atoms with Gasteiger partial charge in [-0.3, -0.25) is 9.69 Å². The topological polar surface area (TPSA) is 32.8 Å². The quantitative estimate of drug-likeness (QED) is 0.851. The Morgan fingerprint density at radius 1 is 1.12 bits per heavy atom. The Labute approximate surface area is 145 Å². The molecule has 0 radical (unpaired) electrons. The van der Waals surface area contributed by atoms with Gasteiger partial charge < -0.3 is 9.64 Å². The summed E-state index contributed by atoms with van der Waals surface area (Å²) in [4.78, 5) is 16.2. The molecule has 4 heteroatoms. The van der Waals surface area contributed by atoms with Gasteiger partial charge in [-0.15, -0.1) is 0 Å². The van der Waals surface area contributed by atoms with E-state index in [9.17, 15) is 4.79 Å². The second-order valence-electron chi connectivity index (χ2n) is 7.15. The van der Waals surface area contributed by atoms with E-state index in [2.05, 4.69) is 35.2 Å². The van der Waals surface area contributed by atoms with Crippen LogP contribution in [0, 0.1) is 0 Å². The first-order valence-corrected chi connectivity index (χ1v) is 9.27. The van der Waals surface area contributed by atoms with Crippen LogP contribution in [0.25, 0.3) is 0 Å². The average Bonchev–Trinajstić information content (AvgIpc) is 2.63. The maximum Gasteiger partial charge on any atom is 0.219 e. The minimum atomic E-state index is 0.211. The van der Waals surface area contributed by atoms with Crippen molar-refractivity contribution in [3.8, 4) is 0 Å². The zero-order chi connectivity index (χ0) is 16.9. The number of ether oxygens (including phenoxy) is 1. The average molecular weight is 330 g/mol. The molecular weight excluding hydrogens is 300 g/mol. The molecule has 132 valence electrons. The van der Waals surface area contributed by atoms with Crippen molar-refractivity contribution in [2.24, 2.45) is 0 Å². The van der Waals surface area contributed by atoms with Crippen molar-refractivity contribution in [1.82, 2.24) is 9.80 Å². The van der Waals surface area contributed by atoms with Crippen LogP contribution in [0.3, 0.4) is 0 Å². The number of nitrogens with zero attached hydrogens (tertiary/aromatic N) is 2. The van der Waals surface area contributed by atoms with Gasteiger partial charge in [-0.25, -0.2) is 0 Å². The lowest BCUT2D eigenvalue weighted by atomic mass is 9.89. The number of carbonyl (C=O) groups is 1. The largest absolute Gasteiger partial charge is 0.380 e. The fourth-order valence-corrected chi connectivity index (χ4v) is 4.39. The minimum absolute atomic E-state index is 0.211. The molecule has 3 rings (SSSR count). The Bertz CT molecular complexity index is 526. The SMILES string of the molecule is CO[C@H]1CCCN(C2CCN(C(C)=O)CC2)[C@H]1Cc1ccccc1. The van der Waals surface area contributed by atoms with Gasteiger partial charge in [-0.1, -0.05) is 30.3 Å². The van der Waals surface area contributed by atoms with E-state index in [0.717, 1.165) is 45.3 Å². The number of methoxy groups -OCH3 is 1. The zero-order valence-electron chi connectivity index (χ0n) is 15.0. The molecule has 2 aliphatic rings. The van der Waals surface area contributed by atoms with Crippen molar-refractivity contribution in [3.63, 3.8) is 0 Å². The Balaban J connectivity index is 1.70. The Morgan fingerprint density at radius 3 is 2.46 bits per heavy atom. The van der Waals surface area contributed by atoms with Crippen LogP contribution in [0.5, 0.6) is 0 Å². The summed E-state index contributed by atoms with van der Waals surface area (Å²) in [5.41, 5.74) is 1.39. The van der Waals surface area contributed by atoms with Crippen LogP contribution >= 0.6 is 0 Å². The molecule has 2 fully saturated rings. The number of piperidine rings is 2. The second kappa shape index (κ2) is 8.13. The summed E-state index contributed by atoms with van der Waals surface area (Å²) >= 11 is 0. The Kier molecular flexibility index (Phi) is 5.90. The number of likely N-dealkylation sites (tertiary alicyclic amines) is 2. The van der Waals surface area contributed by atoms with E-state index in [1.807, 2.05) is 12.0 Å². The number of hydrogen-bond acceptors (Lipinski definition) is 3. The van der Waals surface area contributed by atoms with Crippen LogP contribution in [0.15, 0.2) is 30.3 Å². The third-order valence-electron chi connectivity index (χ3n) is 5.73. The van der Waals surface area contributed by atoms with Crippen molar-refractivity contribution in [3.05, 3.63) is 35.9 Å². The van der Waals surface area contributed by atoms with Gasteiger partial charge in [0.05, 0.1) is 6.10 Å². The maximum atomic E-state index is 11.6. The fraction of sp³-hybridized carbons (Fsp3) is 0.650. The molecule has 0 aliphatic carbocycles. The highest BCUT2D eigenvalue weighted by Gasteiger charge is 2.37. The summed E-state index contributed by atoms with van der Waals surface area (Å²) in [6.07, 6.45) is 5.88. The van der Waals surface area contributed by atoms with Gasteiger partial charge in [0.25, 0.3) is 0 Å². The number of amides is 1. The van der Waals surface area contributed by atoms with Crippen LogP contribution in [-0.4, -0.2) is 60.6 Å². The molecule has 1 aromatic rings. The van der Waals surface area contributed by atoms with Gasteiger partial charge in [0, 0.05) is 39.2 Å². The van der Waals surface area contributed by atoms with Crippen LogP contribution in [0.2, 0.25) is 0 Å². The lowest BCUT2D eigenvalue weighted by Crippen LogP contribution is -2.57. The molecule has 0 spiro atoms. The van der Waals surface area contributed by atoms with E-state index in [1.54, 1.807) is 6.92 Å². The molecule has 2 saturated heterocycles. The normalized spacial score (nSPS) is 26.5. The third-order valence-corrected chi connectivity index (χ3v) is 5.73. The minimum Gasteiger partial charge on any atom is -0.380 e. The van der Waals surface area contributed by atoms with E-state index < -0.39 is 0 Å². The van der Waals surface area contributed by atoms with E-state index in [0.29, 0.717) is 18.2 Å². The summed E-state index contributed by atoms with van der Waals surface area (Å²) in [6.45, 7) is 4.63. The van der Waals surface area contributed by atoms with E-state index in [-0.39, 0.29) is 5.91 Å². The number of benzene rings is 1. The predicted octanol–water partition coefficient (Wildman–Crippen LogP) is 2.72. The second-order valence-corrected chi connectivity index (χ2v) is 7.15. The highest BCUT2D eigenvalue weighted by molar-refractivity contribution is 5.73. The molecule has 2 heterocycles. The van der Waals surface area contributed by atoms with Crippen LogP contribution < -0.4 is 0 Å². The lowest BCUT2D eigenvalue weighted by molar-refractivity contribution is -0.131. The maximum absolute atomic E-state index is 11.6. The molecule has 0 N–H and O–H groups in total. The highest BCUT2D eigenvalue weighted by Crippen LogP contribution is 2.29. The molecule has 24 heavy (non-hydrogen) atoms. The van der Waals surface area contributed by atoms with Crippen LogP contribution in [0.4, 0.5) is 0 Å². The predicted molar refractivity (Wildman–Crippen MR) is 95.9 cm³/mol. The number of hydrogen-bond donors (Lipinski definition) is 0. The summed E-state index contributed by atoms with van der Waals surface area (Å²) < 4.78 is 5.85. The monoisotopic (exact) mass is 330 g/mol. The molecule has 0 unspecified atom stereocenters. The molecule has 2 aliphatic heterocycles. The van der Waals surface area contributed by atoms with Gasteiger partial charge in [-0.05, 0) is 44.2 Å². The van der Waals surface area contributed by atoms with E-state index in [4.69, 9.17) is 4.74 Å². The van der Waals surface area contributed by atoms with Crippen LogP contribution in [0.1, 0.15) is 38.2 Å². The van der Waals surface area contributed by atoms with Crippen molar-refractivity contribution < 1.29 is 9.53 Å². The van der Waals surface area contributed by atoms with Gasteiger partial charge >= 0.3 is 0 Å². The van der Waals surface area contributed by atoms with E-state index >= 15 is 0 Å². The molecule has 2 atom stereocenters. The Morgan fingerprint density at radius 2 is 1.83 bits per heavy atom. The molecule has 0 bridgehead atoms. The number of carbonyl (C=O) groups excluding carboxylic acids is 1. The van der Waals surface area contributed by atoms with Crippen LogP contribution in [-0.2, 0) is 16.0 Å². The van der Waals surface area contributed by atoms with Crippen molar-refractivity contribution in [1.29, 1.82) is 0 Å². The van der Waals surface area contributed by atoms with Crippen molar-refractivity contribution >= 4 is 5.91 Å². The Hall–Kier alpha value is -1.39. The molecule has 1 amide bonds. The number of rotatable bonds is 4. The standard InChI is InChI=1S/C20H30N2O2/c1-16(23)21-13-10-18(11-14-21)22-12-6-9-20(24-2)19(22)15-17-7-4-3-5-8-17/h3-5,7-8,18-20H,6,9-15H2,1-2H3/t19-,20-/m0/s1. The smallest absolute Gasteiger partial charge is 0.219 e. The molecule has 4 nitrogen and oxygen atoms in total. The summed E-state index contributed by atoms with van der Waals surface area (Å²) in [5.74, 6) is 0.211. The fourth-order valence-electron chi connectivity index (χ4n) is 4.39. The molecular formula is C20H30N2O2.